The van der Waals surface area contributed by atoms with E-state index in [1.54, 1.807) is 23.0 Å². The van der Waals surface area contributed by atoms with Gasteiger partial charge in [0.05, 0.1) is 38.1 Å². The maximum absolute atomic E-state index is 12.9. The molecular formula is C26H40N10O10P2S2. The summed E-state index contributed by atoms with van der Waals surface area (Å²) >= 11 is 9.51. The minimum absolute atomic E-state index is 0.158. The lowest BCUT2D eigenvalue weighted by molar-refractivity contribution is -0.0603. The Balaban J connectivity index is 1.34. The van der Waals surface area contributed by atoms with Crippen molar-refractivity contribution in [3.63, 3.8) is 0 Å². The highest BCUT2D eigenvalue weighted by atomic mass is 32.7. The van der Waals surface area contributed by atoms with Gasteiger partial charge in [-0.2, -0.15) is 0 Å². The lowest BCUT2D eigenvalue weighted by atomic mass is 10.1. The van der Waals surface area contributed by atoms with Gasteiger partial charge in [-0.1, -0.05) is 12.2 Å². The zero-order valence-electron chi connectivity index (χ0n) is 27.8. The molecule has 24 heteroatoms. The Morgan fingerprint density at radius 1 is 1.14 bits per heavy atom. The molecule has 5 N–H and O–H groups in total. The lowest BCUT2D eigenvalue weighted by Crippen LogP contribution is -2.37. The van der Waals surface area contributed by atoms with Crippen molar-refractivity contribution >= 4 is 72.9 Å². The van der Waals surface area contributed by atoms with Gasteiger partial charge >= 0.3 is 13.5 Å². The highest BCUT2D eigenvalue weighted by Gasteiger charge is 2.50. The normalized spacial score (nSPS) is 28.3. The molecule has 276 valence electrons. The van der Waals surface area contributed by atoms with Gasteiger partial charge in [0.1, 0.15) is 47.8 Å². The Bertz CT molecular complexity index is 1800. The highest BCUT2D eigenvalue weighted by molar-refractivity contribution is 8.44. The van der Waals surface area contributed by atoms with Crippen LogP contribution in [0.5, 0.6) is 0 Å². The molecule has 0 aromatic carbocycles. The van der Waals surface area contributed by atoms with E-state index >= 15 is 0 Å². The van der Waals surface area contributed by atoms with Crippen LogP contribution in [0, 0.1) is 0 Å². The smallest absolute Gasteiger partial charge is 0.382 e. The van der Waals surface area contributed by atoms with Crippen molar-refractivity contribution in [2.75, 3.05) is 40.2 Å². The zero-order chi connectivity index (χ0) is 36.4. The molecule has 0 saturated carbocycles. The van der Waals surface area contributed by atoms with E-state index in [1.807, 2.05) is 0 Å². The predicted octanol–water partition coefficient (Wildman–Crippen LogP) is 2.29. The zero-order valence-corrected chi connectivity index (χ0v) is 31.3. The molecule has 2 aliphatic heterocycles. The number of thiol groups is 1. The summed E-state index contributed by atoms with van der Waals surface area (Å²) in [5.74, 6) is 0.679. The molecule has 2 aliphatic rings. The molecule has 9 atom stereocenters. The SMILES string of the molecule is C=Nc1c(C(N)=NC)ncn1[C@@H]1O[C@H](COP(O)(=S)O[C@H]2[C@@H](OC)[C@H](n3cnc4c(N)ncnc43)O[C@@H]2COP(=O)(S)OC(C)C)C[C@H]1OC. The van der Waals surface area contributed by atoms with E-state index in [9.17, 15) is 9.46 Å². The van der Waals surface area contributed by atoms with Gasteiger partial charge in [0, 0.05) is 27.7 Å². The van der Waals surface area contributed by atoms with E-state index in [1.165, 1.54) is 40.2 Å². The maximum atomic E-state index is 12.9. The molecule has 20 nitrogen and oxygen atoms in total. The monoisotopic (exact) mass is 778 g/mol. The van der Waals surface area contributed by atoms with Gasteiger partial charge in [-0.3, -0.25) is 27.7 Å². The molecule has 0 bridgehead atoms. The number of nitrogens with two attached hydrogens (primary N) is 2. The number of nitrogen functional groups attached to an aromatic ring is 1. The molecule has 2 saturated heterocycles. The van der Waals surface area contributed by atoms with E-state index in [0.29, 0.717) is 29.1 Å². The quantitative estimate of drug-likeness (QED) is 0.0705. The second-order valence-corrected chi connectivity index (χ2v) is 17.0. The molecule has 3 aromatic rings. The molecule has 0 aliphatic carbocycles. The maximum Gasteiger partial charge on any atom is 0.386 e. The van der Waals surface area contributed by atoms with Crippen LogP contribution in [0.25, 0.3) is 11.2 Å². The summed E-state index contributed by atoms with van der Waals surface area (Å²) in [4.78, 5) is 36.2. The molecular weight excluding hydrogens is 738 g/mol. The minimum atomic E-state index is -4.05. The molecule has 5 rings (SSSR count). The molecule has 50 heavy (non-hydrogen) atoms. The fraction of sp³-hybridized carbons (Fsp3) is 0.615. The number of hydrogen-bond acceptors (Lipinski definition) is 17. The van der Waals surface area contributed by atoms with E-state index in [-0.39, 0.29) is 24.9 Å². The first-order chi connectivity index (χ1) is 23.7. The molecule has 5 heterocycles. The van der Waals surface area contributed by atoms with Crippen LogP contribution in [-0.4, -0.2) is 118 Å². The van der Waals surface area contributed by atoms with E-state index in [2.05, 4.69) is 48.9 Å². The van der Waals surface area contributed by atoms with Crippen LogP contribution >= 0.6 is 25.8 Å². The summed E-state index contributed by atoms with van der Waals surface area (Å²) in [6, 6.07) is 0. The van der Waals surface area contributed by atoms with Crippen LogP contribution in [0.1, 0.15) is 38.4 Å². The third kappa shape index (κ3) is 8.44. The first-order valence-corrected chi connectivity index (χ1v) is 20.4. The summed E-state index contributed by atoms with van der Waals surface area (Å²) in [5.41, 5.74) is 13.0. The first-order valence-electron chi connectivity index (χ1n) is 15.1. The number of ether oxygens (including phenoxy) is 4. The van der Waals surface area contributed by atoms with Gasteiger partial charge in [-0.15, -0.1) is 0 Å². The molecule has 0 amide bonds. The van der Waals surface area contributed by atoms with Gasteiger partial charge in [-0.05, 0) is 32.4 Å². The lowest BCUT2D eigenvalue weighted by Gasteiger charge is -2.28. The Labute approximate surface area is 297 Å². The second-order valence-electron chi connectivity index (χ2n) is 11.4. The third-order valence-corrected chi connectivity index (χ3v) is 11.1. The number of aromatic nitrogens is 6. The topological polar surface area (TPSA) is 249 Å². The Kier molecular flexibility index (Phi) is 12.5. The summed E-state index contributed by atoms with van der Waals surface area (Å²) < 4.78 is 62.8. The summed E-state index contributed by atoms with van der Waals surface area (Å²) in [6.07, 6.45) is -1.63. The number of methoxy groups -OCH3 is 2. The van der Waals surface area contributed by atoms with Crippen molar-refractivity contribution in [1.82, 2.24) is 29.1 Å². The number of fused-ring (bicyclic) bond motifs is 1. The number of aliphatic imine (C=N–C) groups is 2. The van der Waals surface area contributed by atoms with Gasteiger partial charge in [0.2, 0.25) is 0 Å². The number of nitrogens with zero attached hydrogens (tertiary/aromatic N) is 8. The van der Waals surface area contributed by atoms with Crippen LogP contribution in [-0.2, 0) is 53.4 Å². The van der Waals surface area contributed by atoms with Crippen molar-refractivity contribution in [2.45, 2.75) is 69.3 Å². The van der Waals surface area contributed by atoms with Crippen LogP contribution in [0.15, 0.2) is 29.0 Å². The average Bonchev–Trinajstić information content (AvgIpc) is 3.85. The number of hydrogen-bond donors (Lipinski definition) is 4. The van der Waals surface area contributed by atoms with E-state index in [4.69, 9.17) is 60.3 Å². The van der Waals surface area contributed by atoms with Gasteiger partial charge in [-0.25, -0.2) is 29.5 Å². The summed E-state index contributed by atoms with van der Waals surface area (Å²) in [5, 5.41) is 0. The molecule has 2 unspecified atom stereocenters. The summed E-state index contributed by atoms with van der Waals surface area (Å²) in [7, 11) is 4.49. The molecule has 3 aromatic heterocycles. The Hall–Kier alpha value is -2.43. The summed E-state index contributed by atoms with van der Waals surface area (Å²) in [6.45, 7) is -1.40. The molecule has 0 spiro atoms. The predicted molar refractivity (Wildman–Crippen MR) is 188 cm³/mol. The van der Waals surface area contributed by atoms with Crippen molar-refractivity contribution in [2.24, 2.45) is 15.7 Å². The fourth-order valence-electron chi connectivity index (χ4n) is 5.59. The molecule has 0 radical (unpaired) electrons. The van der Waals surface area contributed by atoms with Crippen LogP contribution in [0.4, 0.5) is 11.6 Å². The molecule has 2 fully saturated rings. The first kappa shape index (κ1) is 38.8. The van der Waals surface area contributed by atoms with Crippen LogP contribution in [0.3, 0.4) is 0 Å². The van der Waals surface area contributed by atoms with E-state index < -0.39 is 62.6 Å². The van der Waals surface area contributed by atoms with Gasteiger partial charge < -0.3 is 39.8 Å². The number of rotatable bonds is 16. The van der Waals surface area contributed by atoms with Crippen LogP contribution < -0.4 is 11.5 Å². The van der Waals surface area contributed by atoms with E-state index in [0.717, 1.165) is 0 Å². The van der Waals surface area contributed by atoms with Crippen LogP contribution in [0.2, 0.25) is 0 Å². The highest BCUT2D eigenvalue weighted by Crippen LogP contribution is 2.55. The Morgan fingerprint density at radius 2 is 1.88 bits per heavy atom. The van der Waals surface area contributed by atoms with Crippen molar-refractivity contribution in [1.29, 1.82) is 0 Å². The van der Waals surface area contributed by atoms with Crippen molar-refractivity contribution in [3.8, 4) is 0 Å². The Morgan fingerprint density at radius 3 is 2.54 bits per heavy atom. The number of anilines is 1. The second kappa shape index (κ2) is 16.1. The van der Waals surface area contributed by atoms with Gasteiger partial charge in [0.25, 0.3) is 0 Å². The fourth-order valence-corrected chi connectivity index (χ4v) is 8.75. The average molecular weight is 779 g/mol. The van der Waals surface area contributed by atoms with Gasteiger partial charge in [0.15, 0.2) is 29.7 Å². The third-order valence-electron chi connectivity index (χ3n) is 7.77. The number of amidine groups is 1. The number of imidazole rings is 2. The van der Waals surface area contributed by atoms with Crippen molar-refractivity contribution < 1.29 is 46.5 Å². The van der Waals surface area contributed by atoms with Crippen molar-refractivity contribution in [3.05, 3.63) is 24.7 Å². The standard InChI is InChI=1S/C26H40N10O10P2S2/c1-13(2)45-47(37,49)42-9-16-19(20(40-6)26(44-16)36-12-34-18-22(28)31-10-32-24(18)36)46-48(38,50)41-8-14-7-15(39-5)25(43-14)35-11-33-17(21(27)29-3)23(35)30-4/h10-16,19-20,25-26H,4,7-9H2,1-3,5-6H3,(H2,27,29)(H,37,49)(H,38,50)(H2,28,31,32)/t14-,15+,16+,19+,20+,25+,26+,47?,48?/m0/s1. The largest absolute Gasteiger partial charge is 0.386 e. The minimum Gasteiger partial charge on any atom is -0.382 e.